The average molecular weight is 295 g/mol. The second kappa shape index (κ2) is 5.26. The molecular formula is C18H22BNO2. The molecule has 0 N–H and O–H groups in total. The summed E-state index contributed by atoms with van der Waals surface area (Å²) >= 11 is 0. The SMILES string of the molecule is CC1(C)OB(c2ccc(C=C3CCC3)c(C#N)c2)OC1(C)C. The van der Waals surface area contributed by atoms with Crippen LogP contribution in [0.4, 0.5) is 0 Å². The van der Waals surface area contributed by atoms with E-state index in [1.165, 1.54) is 12.0 Å². The minimum atomic E-state index is -0.414. The molecule has 0 aromatic heterocycles. The Balaban J connectivity index is 1.89. The lowest BCUT2D eigenvalue weighted by molar-refractivity contribution is 0.00578. The topological polar surface area (TPSA) is 42.2 Å². The maximum atomic E-state index is 9.43. The van der Waals surface area contributed by atoms with Gasteiger partial charge in [-0.2, -0.15) is 5.26 Å². The van der Waals surface area contributed by atoms with Crippen molar-refractivity contribution >= 4 is 18.7 Å². The summed E-state index contributed by atoms with van der Waals surface area (Å²) in [5, 5.41) is 9.43. The molecule has 0 atom stereocenters. The Bertz CT molecular complexity index is 648. The van der Waals surface area contributed by atoms with Gasteiger partial charge in [0.25, 0.3) is 0 Å². The van der Waals surface area contributed by atoms with Crippen LogP contribution in [0.1, 0.15) is 58.1 Å². The first kappa shape index (κ1) is 15.3. The number of rotatable bonds is 2. The van der Waals surface area contributed by atoms with Crippen molar-refractivity contribution in [3.63, 3.8) is 0 Å². The summed E-state index contributed by atoms with van der Waals surface area (Å²) in [4.78, 5) is 0. The lowest BCUT2D eigenvalue weighted by atomic mass is 9.77. The summed E-state index contributed by atoms with van der Waals surface area (Å²) in [6.45, 7) is 8.14. The number of allylic oxidation sites excluding steroid dienone is 1. The maximum absolute atomic E-state index is 9.43. The molecule has 0 spiro atoms. The smallest absolute Gasteiger partial charge is 0.399 e. The van der Waals surface area contributed by atoms with Crippen LogP contribution in [0.2, 0.25) is 0 Å². The van der Waals surface area contributed by atoms with Crippen molar-refractivity contribution in [3.8, 4) is 6.07 Å². The molecule has 2 fully saturated rings. The lowest BCUT2D eigenvalue weighted by Crippen LogP contribution is -2.41. The Morgan fingerprint density at radius 3 is 2.27 bits per heavy atom. The summed E-state index contributed by atoms with van der Waals surface area (Å²) in [6, 6.07) is 8.21. The first-order chi connectivity index (χ1) is 10.3. The highest BCUT2D eigenvalue weighted by molar-refractivity contribution is 6.62. The zero-order valence-corrected chi connectivity index (χ0v) is 13.8. The van der Waals surface area contributed by atoms with Gasteiger partial charge in [0.1, 0.15) is 0 Å². The number of hydrogen-bond donors (Lipinski definition) is 0. The van der Waals surface area contributed by atoms with Crippen molar-refractivity contribution < 1.29 is 9.31 Å². The highest BCUT2D eigenvalue weighted by atomic mass is 16.7. The molecule has 1 heterocycles. The first-order valence-corrected chi connectivity index (χ1v) is 7.91. The van der Waals surface area contributed by atoms with E-state index < -0.39 is 7.12 Å². The Morgan fingerprint density at radius 2 is 1.77 bits per heavy atom. The van der Waals surface area contributed by atoms with Crippen LogP contribution in [0.15, 0.2) is 23.8 Å². The van der Waals surface area contributed by atoms with Crippen molar-refractivity contribution in [2.45, 2.75) is 58.2 Å². The van der Waals surface area contributed by atoms with Gasteiger partial charge in [0, 0.05) is 0 Å². The molecule has 4 heteroatoms. The summed E-state index contributed by atoms with van der Waals surface area (Å²) in [6.07, 6.45) is 5.73. The zero-order chi connectivity index (χ0) is 16.0. The number of benzene rings is 1. The van der Waals surface area contributed by atoms with Crippen molar-refractivity contribution in [3.05, 3.63) is 34.9 Å². The van der Waals surface area contributed by atoms with Gasteiger partial charge in [-0.25, -0.2) is 0 Å². The Labute approximate surface area is 133 Å². The normalized spacial score (nSPS) is 22.1. The van der Waals surface area contributed by atoms with Crippen LogP contribution >= 0.6 is 0 Å². The van der Waals surface area contributed by atoms with Gasteiger partial charge in [-0.3, -0.25) is 0 Å². The quantitative estimate of drug-likeness (QED) is 0.785. The molecule has 0 amide bonds. The van der Waals surface area contributed by atoms with Crippen LogP contribution < -0.4 is 5.46 Å². The van der Waals surface area contributed by atoms with E-state index in [0.717, 1.165) is 23.9 Å². The summed E-state index contributed by atoms with van der Waals surface area (Å²) in [5.74, 6) is 0. The molecular weight excluding hydrogens is 273 g/mol. The van der Waals surface area contributed by atoms with E-state index in [9.17, 15) is 5.26 Å². The molecule has 1 saturated carbocycles. The molecule has 114 valence electrons. The molecule has 22 heavy (non-hydrogen) atoms. The predicted octanol–water partition coefficient (Wildman–Crippen LogP) is 3.42. The second-order valence-corrected chi connectivity index (χ2v) is 7.20. The molecule has 1 aromatic carbocycles. The van der Waals surface area contributed by atoms with Crippen LogP contribution in [0.25, 0.3) is 6.08 Å². The van der Waals surface area contributed by atoms with Crippen LogP contribution in [-0.2, 0) is 9.31 Å². The lowest BCUT2D eigenvalue weighted by Gasteiger charge is -2.32. The third-order valence-corrected chi connectivity index (χ3v) is 5.08. The minimum absolute atomic E-state index is 0.364. The largest absolute Gasteiger partial charge is 0.494 e. The van der Waals surface area contributed by atoms with Gasteiger partial charge in [0.05, 0.1) is 22.8 Å². The van der Waals surface area contributed by atoms with Gasteiger partial charge in [0.15, 0.2) is 0 Å². The molecule has 1 aliphatic carbocycles. The third kappa shape index (κ3) is 2.60. The van der Waals surface area contributed by atoms with Crippen molar-refractivity contribution in [1.29, 1.82) is 5.26 Å². The van der Waals surface area contributed by atoms with E-state index in [1.54, 1.807) is 0 Å². The highest BCUT2D eigenvalue weighted by Gasteiger charge is 2.51. The molecule has 1 saturated heterocycles. The van der Waals surface area contributed by atoms with Gasteiger partial charge >= 0.3 is 7.12 Å². The minimum Gasteiger partial charge on any atom is -0.399 e. The van der Waals surface area contributed by atoms with E-state index in [2.05, 4.69) is 12.1 Å². The summed E-state index contributed by atoms with van der Waals surface area (Å²) in [7, 11) is -0.414. The molecule has 3 nitrogen and oxygen atoms in total. The second-order valence-electron chi connectivity index (χ2n) is 7.20. The highest BCUT2D eigenvalue weighted by Crippen LogP contribution is 2.36. The predicted molar refractivity (Wildman–Crippen MR) is 88.7 cm³/mol. The van der Waals surface area contributed by atoms with E-state index >= 15 is 0 Å². The fourth-order valence-electron chi connectivity index (χ4n) is 2.67. The van der Waals surface area contributed by atoms with E-state index in [-0.39, 0.29) is 11.2 Å². The van der Waals surface area contributed by atoms with Crippen LogP contribution in [0, 0.1) is 11.3 Å². The molecule has 0 unspecified atom stereocenters. The molecule has 2 aliphatic rings. The van der Waals surface area contributed by atoms with Crippen molar-refractivity contribution in [2.24, 2.45) is 0 Å². The van der Waals surface area contributed by atoms with Gasteiger partial charge in [-0.05, 0) is 64.1 Å². The van der Waals surface area contributed by atoms with Crippen molar-refractivity contribution in [2.75, 3.05) is 0 Å². The first-order valence-electron chi connectivity index (χ1n) is 7.91. The number of hydrogen-bond acceptors (Lipinski definition) is 3. The van der Waals surface area contributed by atoms with Crippen LogP contribution in [0.5, 0.6) is 0 Å². The monoisotopic (exact) mass is 295 g/mol. The standard InChI is InChI=1S/C18H22BNO2/c1-17(2)18(3,4)22-19(21-17)16-9-8-14(15(11-16)12-20)10-13-6-5-7-13/h8-11H,5-7H2,1-4H3. The Hall–Kier alpha value is -1.57. The molecule has 3 rings (SSSR count). The zero-order valence-electron chi connectivity index (χ0n) is 13.8. The van der Waals surface area contributed by atoms with E-state index in [4.69, 9.17) is 9.31 Å². The van der Waals surface area contributed by atoms with Gasteiger partial charge < -0.3 is 9.31 Å². The molecule has 1 aromatic rings. The summed E-state index contributed by atoms with van der Waals surface area (Å²) in [5.41, 5.74) is 3.30. The Morgan fingerprint density at radius 1 is 1.14 bits per heavy atom. The van der Waals surface area contributed by atoms with Crippen LogP contribution in [0.3, 0.4) is 0 Å². The maximum Gasteiger partial charge on any atom is 0.494 e. The Kier molecular flexibility index (Phi) is 3.67. The molecule has 0 bridgehead atoms. The van der Waals surface area contributed by atoms with Gasteiger partial charge in [0.2, 0.25) is 0 Å². The molecule has 0 radical (unpaired) electrons. The average Bonchev–Trinajstić information content (AvgIpc) is 2.63. The fourth-order valence-corrected chi connectivity index (χ4v) is 2.67. The third-order valence-electron chi connectivity index (χ3n) is 5.08. The molecule has 1 aliphatic heterocycles. The van der Waals surface area contributed by atoms with Crippen molar-refractivity contribution in [1.82, 2.24) is 0 Å². The van der Waals surface area contributed by atoms with Gasteiger partial charge in [-0.15, -0.1) is 0 Å². The fraction of sp³-hybridized carbons (Fsp3) is 0.500. The number of nitriles is 1. The van der Waals surface area contributed by atoms with E-state index in [1.807, 2.05) is 45.9 Å². The number of nitrogens with zero attached hydrogens (tertiary/aromatic N) is 1. The summed E-state index contributed by atoms with van der Waals surface area (Å²) < 4.78 is 12.1. The van der Waals surface area contributed by atoms with E-state index in [0.29, 0.717) is 5.56 Å². The van der Waals surface area contributed by atoms with Crippen LogP contribution in [-0.4, -0.2) is 18.3 Å². The van der Waals surface area contributed by atoms with Gasteiger partial charge in [-0.1, -0.05) is 23.8 Å².